The van der Waals surface area contributed by atoms with Gasteiger partial charge in [-0.2, -0.15) is 0 Å². The highest BCUT2D eigenvalue weighted by Crippen LogP contribution is 2.33. The quantitative estimate of drug-likeness (QED) is 0.748. The van der Waals surface area contributed by atoms with E-state index in [1.165, 1.54) is 25.0 Å². The lowest BCUT2D eigenvalue weighted by Crippen LogP contribution is -2.27. The molecule has 1 unspecified atom stereocenters. The van der Waals surface area contributed by atoms with Crippen LogP contribution in [0.15, 0.2) is 24.3 Å². The summed E-state index contributed by atoms with van der Waals surface area (Å²) in [6, 6.07) is 5.95. The molecule has 2 nitrogen and oxygen atoms in total. The van der Waals surface area contributed by atoms with Gasteiger partial charge in [-0.05, 0) is 43.0 Å². The van der Waals surface area contributed by atoms with Crippen LogP contribution in [0.5, 0.6) is 5.75 Å². The molecule has 14 heavy (non-hydrogen) atoms. The summed E-state index contributed by atoms with van der Waals surface area (Å²) in [7, 11) is 0. The standard InChI is InChI=1S/C11H14FNO/c12-9-3-5-10(6-4-9)14-11(13)7-8-1-2-8/h3-6,8,11H,1-2,7,13H2. The van der Waals surface area contributed by atoms with Crippen LogP contribution in [0, 0.1) is 11.7 Å². The summed E-state index contributed by atoms with van der Waals surface area (Å²) >= 11 is 0. The van der Waals surface area contributed by atoms with E-state index in [4.69, 9.17) is 10.5 Å². The molecule has 0 aliphatic heterocycles. The molecule has 0 radical (unpaired) electrons. The number of benzene rings is 1. The number of nitrogens with two attached hydrogens (primary N) is 1. The van der Waals surface area contributed by atoms with Gasteiger partial charge in [0.1, 0.15) is 17.8 Å². The van der Waals surface area contributed by atoms with Crippen LogP contribution in [-0.2, 0) is 0 Å². The molecule has 1 atom stereocenters. The predicted molar refractivity (Wildman–Crippen MR) is 52.3 cm³/mol. The molecule has 1 aliphatic rings. The van der Waals surface area contributed by atoms with Crippen molar-refractivity contribution in [3.05, 3.63) is 30.1 Å². The molecular weight excluding hydrogens is 181 g/mol. The summed E-state index contributed by atoms with van der Waals surface area (Å²) in [5, 5.41) is 0. The van der Waals surface area contributed by atoms with Crippen molar-refractivity contribution in [1.29, 1.82) is 0 Å². The van der Waals surface area contributed by atoms with Crippen LogP contribution < -0.4 is 10.5 Å². The minimum atomic E-state index is -0.257. The molecule has 1 saturated carbocycles. The first kappa shape index (κ1) is 9.46. The van der Waals surface area contributed by atoms with Gasteiger partial charge in [0.2, 0.25) is 0 Å². The van der Waals surface area contributed by atoms with Crippen molar-refractivity contribution in [3.8, 4) is 5.75 Å². The Morgan fingerprint density at radius 1 is 1.36 bits per heavy atom. The zero-order valence-corrected chi connectivity index (χ0v) is 7.95. The Labute approximate surface area is 82.9 Å². The maximum Gasteiger partial charge on any atom is 0.147 e. The van der Waals surface area contributed by atoms with Gasteiger partial charge in [0, 0.05) is 6.42 Å². The minimum absolute atomic E-state index is 0.256. The normalized spacial score (nSPS) is 17.9. The molecule has 0 aromatic heterocycles. The highest BCUT2D eigenvalue weighted by Gasteiger charge is 2.24. The van der Waals surface area contributed by atoms with E-state index in [2.05, 4.69) is 0 Å². The van der Waals surface area contributed by atoms with E-state index in [1.807, 2.05) is 0 Å². The van der Waals surface area contributed by atoms with Gasteiger partial charge in [0.15, 0.2) is 0 Å². The van der Waals surface area contributed by atoms with Crippen LogP contribution in [0.3, 0.4) is 0 Å². The maximum atomic E-state index is 12.6. The summed E-state index contributed by atoms with van der Waals surface area (Å²) in [5.41, 5.74) is 5.77. The number of halogens is 1. The van der Waals surface area contributed by atoms with Gasteiger partial charge in [-0.3, -0.25) is 5.73 Å². The van der Waals surface area contributed by atoms with Crippen LogP contribution in [-0.4, -0.2) is 6.23 Å². The van der Waals surface area contributed by atoms with E-state index in [-0.39, 0.29) is 12.0 Å². The van der Waals surface area contributed by atoms with Crippen molar-refractivity contribution < 1.29 is 9.13 Å². The average molecular weight is 195 g/mol. The van der Waals surface area contributed by atoms with Crippen molar-refractivity contribution in [2.45, 2.75) is 25.5 Å². The SMILES string of the molecule is NC(CC1CC1)Oc1ccc(F)cc1. The molecule has 0 spiro atoms. The van der Waals surface area contributed by atoms with Gasteiger partial charge in [0.25, 0.3) is 0 Å². The molecular formula is C11H14FNO. The van der Waals surface area contributed by atoms with Gasteiger partial charge in [-0.25, -0.2) is 4.39 Å². The first-order chi connectivity index (χ1) is 6.74. The fourth-order valence-electron chi connectivity index (χ4n) is 1.42. The fraction of sp³-hybridized carbons (Fsp3) is 0.455. The zero-order valence-electron chi connectivity index (χ0n) is 7.95. The molecule has 1 aromatic rings. The van der Waals surface area contributed by atoms with Crippen molar-refractivity contribution in [3.63, 3.8) is 0 Å². The Balaban J connectivity index is 1.85. The van der Waals surface area contributed by atoms with Gasteiger partial charge in [-0.15, -0.1) is 0 Å². The summed E-state index contributed by atoms with van der Waals surface area (Å²) in [4.78, 5) is 0. The van der Waals surface area contributed by atoms with E-state index in [0.29, 0.717) is 5.75 Å². The Hall–Kier alpha value is -1.09. The summed E-state index contributed by atoms with van der Waals surface area (Å²) in [6.45, 7) is 0. The molecule has 3 heteroatoms. The Morgan fingerprint density at radius 2 is 2.00 bits per heavy atom. The summed E-state index contributed by atoms with van der Waals surface area (Å²) < 4.78 is 18.0. The lowest BCUT2D eigenvalue weighted by atomic mass is 10.2. The topological polar surface area (TPSA) is 35.2 Å². The molecule has 2 N–H and O–H groups in total. The van der Waals surface area contributed by atoms with Gasteiger partial charge >= 0.3 is 0 Å². The first-order valence-electron chi connectivity index (χ1n) is 4.92. The average Bonchev–Trinajstić information content (AvgIpc) is 2.93. The van der Waals surface area contributed by atoms with Crippen LogP contribution in [0.4, 0.5) is 4.39 Å². The highest BCUT2D eigenvalue weighted by atomic mass is 19.1. The van der Waals surface area contributed by atoms with E-state index in [0.717, 1.165) is 12.3 Å². The second-order valence-electron chi connectivity index (χ2n) is 3.79. The third-order valence-corrected chi connectivity index (χ3v) is 2.36. The van der Waals surface area contributed by atoms with E-state index in [1.54, 1.807) is 12.1 Å². The third kappa shape index (κ3) is 2.70. The number of ether oxygens (including phenoxy) is 1. The van der Waals surface area contributed by atoms with Crippen LogP contribution in [0.1, 0.15) is 19.3 Å². The first-order valence-corrected chi connectivity index (χ1v) is 4.92. The van der Waals surface area contributed by atoms with Crippen LogP contribution in [0.2, 0.25) is 0 Å². The monoisotopic (exact) mass is 195 g/mol. The van der Waals surface area contributed by atoms with E-state index >= 15 is 0 Å². The molecule has 1 fully saturated rings. The predicted octanol–water partition coefficient (Wildman–Crippen LogP) is 2.29. The smallest absolute Gasteiger partial charge is 0.147 e. The lowest BCUT2D eigenvalue weighted by Gasteiger charge is -2.13. The summed E-state index contributed by atoms with van der Waals surface area (Å²) in [6.07, 6.45) is 3.17. The molecule has 1 aliphatic carbocycles. The molecule has 0 amide bonds. The number of rotatable bonds is 4. The Kier molecular flexibility index (Phi) is 2.68. The zero-order chi connectivity index (χ0) is 9.97. The second kappa shape index (κ2) is 3.96. The minimum Gasteiger partial charge on any atom is -0.476 e. The largest absolute Gasteiger partial charge is 0.476 e. The van der Waals surface area contributed by atoms with E-state index in [9.17, 15) is 4.39 Å². The Morgan fingerprint density at radius 3 is 2.57 bits per heavy atom. The highest BCUT2D eigenvalue weighted by molar-refractivity contribution is 5.22. The second-order valence-corrected chi connectivity index (χ2v) is 3.79. The molecule has 0 heterocycles. The van der Waals surface area contributed by atoms with Crippen molar-refractivity contribution in [2.24, 2.45) is 11.7 Å². The molecule has 1 aromatic carbocycles. The third-order valence-electron chi connectivity index (χ3n) is 2.36. The van der Waals surface area contributed by atoms with Crippen LogP contribution in [0.25, 0.3) is 0 Å². The van der Waals surface area contributed by atoms with Gasteiger partial charge < -0.3 is 4.74 Å². The van der Waals surface area contributed by atoms with E-state index < -0.39 is 0 Å². The molecule has 2 rings (SSSR count). The van der Waals surface area contributed by atoms with Crippen LogP contribution >= 0.6 is 0 Å². The van der Waals surface area contributed by atoms with Gasteiger partial charge in [-0.1, -0.05) is 0 Å². The van der Waals surface area contributed by atoms with Crippen molar-refractivity contribution in [1.82, 2.24) is 0 Å². The molecule has 0 saturated heterocycles. The Bertz CT molecular complexity index is 295. The van der Waals surface area contributed by atoms with Crippen molar-refractivity contribution >= 4 is 0 Å². The summed E-state index contributed by atoms with van der Waals surface area (Å²) in [5.74, 6) is 1.12. The fourth-order valence-corrected chi connectivity index (χ4v) is 1.42. The lowest BCUT2D eigenvalue weighted by molar-refractivity contribution is 0.191. The van der Waals surface area contributed by atoms with Gasteiger partial charge in [0.05, 0.1) is 0 Å². The maximum absolute atomic E-state index is 12.6. The number of hydrogen-bond donors (Lipinski definition) is 1. The number of hydrogen-bond acceptors (Lipinski definition) is 2. The van der Waals surface area contributed by atoms with Crippen molar-refractivity contribution in [2.75, 3.05) is 0 Å². The molecule has 0 bridgehead atoms. The molecule has 76 valence electrons.